The van der Waals surface area contributed by atoms with E-state index in [9.17, 15) is 4.79 Å². The maximum Gasteiger partial charge on any atom is 0.130 e. The average Bonchev–Trinajstić information content (AvgIpc) is 2.32. The predicted molar refractivity (Wildman–Crippen MR) is 50.4 cm³/mol. The minimum atomic E-state index is -0.105. The summed E-state index contributed by atoms with van der Waals surface area (Å²) in [5.41, 5.74) is 2.71. The Morgan fingerprint density at radius 3 is 2.75 bits per heavy atom. The van der Waals surface area contributed by atoms with Crippen LogP contribution in [0.1, 0.15) is 32.9 Å². The van der Waals surface area contributed by atoms with Gasteiger partial charge in [-0.15, -0.1) is 11.3 Å². The molecule has 0 aromatic carbocycles. The molecule has 3 heteroatoms. The molecule has 0 saturated heterocycles. The third-order valence-electron chi connectivity index (χ3n) is 1.82. The number of hydrogen-bond donors (Lipinski definition) is 0. The first-order valence-corrected chi connectivity index (χ1v) is 4.85. The number of aromatic nitrogens is 1. The van der Waals surface area contributed by atoms with Gasteiger partial charge in [0.25, 0.3) is 0 Å². The van der Waals surface area contributed by atoms with Crippen LogP contribution in [0.15, 0.2) is 10.9 Å². The van der Waals surface area contributed by atoms with Crippen molar-refractivity contribution in [3.8, 4) is 0 Å². The van der Waals surface area contributed by atoms with Crippen LogP contribution >= 0.6 is 11.3 Å². The molecule has 0 atom stereocenters. The van der Waals surface area contributed by atoms with E-state index in [0.29, 0.717) is 6.42 Å². The second-order valence-electron chi connectivity index (χ2n) is 3.64. The van der Waals surface area contributed by atoms with Crippen LogP contribution in [0.5, 0.6) is 0 Å². The number of hydrogen-bond acceptors (Lipinski definition) is 3. The zero-order valence-corrected chi connectivity index (χ0v) is 8.44. The Morgan fingerprint density at radius 2 is 2.33 bits per heavy atom. The van der Waals surface area contributed by atoms with Crippen LogP contribution in [0.25, 0.3) is 0 Å². The third kappa shape index (κ3) is 2.14. The summed E-state index contributed by atoms with van der Waals surface area (Å²) in [6.07, 6.45) is 0.566. The molecule has 0 unspecified atom stereocenters. The SMILES string of the molecule is CC(=O)CC(C)(C)c1cscn1. The summed E-state index contributed by atoms with van der Waals surface area (Å²) in [5, 5.41) is 2.00. The minimum absolute atomic E-state index is 0.105. The average molecular weight is 183 g/mol. The smallest absolute Gasteiger partial charge is 0.130 e. The fraction of sp³-hybridized carbons (Fsp3) is 0.556. The van der Waals surface area contributed by atoms with Gasteiger partial charge in [0.2, 0.25) is 0 Å². The predicted octanol–water partition coefficient (Wildman–Crippen LogP) is 2.40. The summed E-state index contributed by atoms with van der Waals surface area (Å²) >= 11 is 1.57. The van der Waals surface area contributed by atoms with Crippen LogP contribution in [0.2, 0.25) is 0 Å². The van der Waals surface area contributed by atoms with Gasteiger partial charge in [0, 0.05) is 17.2 Å². The van der Waals surface area contributed by atoms with Crippen molar-refractivity contribution >= 4 is 17.1 Å². The summed E-state index contributed by atoms with van der Waals surface area (Å²) in [5.74, 6) is 0.216. The summed E-state index contributed by atoms with van der Waals surface area (Å²) in [6, 6.07) is 0. The molecule has 1 aromatic rings. The number of carbonyl (C=O) groups is 1. The van der Waals surface area contributed by atoms with Gasteiger partial charge < -0.3 is 0 Å². The lowest BCUT2D eigenvalue weighted by Crippen LogP contribution is -2.20. The van der Waals surface area contributed by atoms with E-state index in [4.69, 9.17) is 0 Å². The van der Waals surface area contributed by atoms with Crippen molar-refractivity contribution in [1.82, 2.24) is 4.98 Å². The van der Waals surface area contributed by atoms with Crippen LogP contribution < -0.4 is 0 Å². The Hall–Kier alpha value is -0.700. The van der Waals surface area contributed by atoms with Gasteiger partial charge in [-0.3, -0.25) is 4.79 Å². The lowest BCUT2D eigenvalue weighted by Gasteiger charge is -2.20. The molecule has 0 fully saturated rings. The summed E-state index contributed by atoms with van der Waals surface area (Å²) in [4.78, 5) is 15.1. The number of ketones is 1. The molecule has 0 aliphatic rings. The zero-order chi connectivity index (χ0) is 9.19. The highest BCUT2D eigenvalue weighted by atomic mass is 32.1. The molecule has 0 radical (unpaired) electrons. The second-order valence-corrected chi connectivity index (χ2v) is 4.36. The highest BCUT2D eigenvalue weighted by Crippen LogP contribution is 2.26. The monoisotopic (exact) mass is 183 g/mol. The molecule has 0 aliphatic heterocycles. The van der Waals surface area contributed by atoms with E-state index in [1.807, 2.05) is 19.2 Å². The molecule has 0 amide bonds. The molecule has 12 heavy (non-hydrogen) atoms. The van der Waals surface area contributed by atoms with Gasteiger partial charge in [0.1, 0.15) is 5.78 Å². The van der Waals surface area contributed by atoms with Gasteiger partial charge in [0.05, 0.1) is 11.2 Å². The van der Waals surface area contributed by atoms with Crippen LogP contribution in [-0.2, 0) is 10.2 Å². The molecule has 0 aliphatic carbocycles. The Kier molecular flexibility index (Phi) is 2.62. The van der Waals surface area contributed by atoms with Crippen molar-refractivity contribution in [2.75, 3.05) is 0 Å². The topological polar surface area (TPSA) is 30.0 Å². The first-order chi connectivity index (χ1) is 5.52. The maximum atomic E-state index is 10.9. The second kappa shape index (κ2) is 3.35. The van der Waals surface area contributed by atoms with Gasteiger partial charge in [-0.05, 0) is 6.92 Å². The molecule has 0 N–H and O–H groups in total. The normalized spacial score (nSPS) is 11.6. The Labute approximate surface area is 76.6 Å². The summed E-state index contributed by atoms with van der Waals surface area (Å²) in [6.45, 7) is 5.71. The van der Waals surface area contributed by atoms with Gasteiger partial charge >= 0.3 is 0 Å². The van der Waals surface area contributed by atoms with E-state index in [-0.39, 0.29) is 11.2 Å². The van der Waals surface area contributed by atoms with Crippen LogP contribution in [-0.4, -0.2) is 10.8 Å². The summed E-state index contributed by atoms with van der Waals surface area (Å²) in [7, 11) is 0. The van der Waals surface area contributed by atoms with Crippen molar-refractivity contribution in [1.29, 1.82) is 0 Å². The minimum Gasteiger partial charge on any atom is -0.300 e. The van der Waals surface area contributed by atoms with Gasteiger partial charge in [-0.2, -0.15) is 0 Å². The quantitative estimate of drug-likeness (QED) is 0.720. The van der Waals surface area contributed by atoms with Crippen molar-refractivity contribution in [2.24, 2.45) is 0 Å². The fourth-order valence-electron chi connectivity index (χ4n) is 1.26. The molecule has 1 heterocycles. The Morgan fingerprint density at radius 1 is 1.67 bits per heavy atom. The highest BCUT2D eigenvalue weighted by Gasteiger charge is 2.24. The molecule has 0 spiro atoms. The maximum absolute atomic E-state index is 10.9. The molecule has 0 saturated carbocycles. The molecule has 1 rings (SSSR count). The molecule has 2 nitrogen and oxygen atoms in total. The van der Waals surface area contributed by atoms with Crippen LogP contribution in [0.3, 0.4) is 0 Å². The molecule has 0 bridgehead atoms. The number of rotatable bonds is 3. The fourth-order valence-corrected chi connectivity index (χ4v) is 2.00. The van der Waals surface area contributed by atoms with Gasteiger partial charge in [-0.25, -0.2) is 4.98 Å². The van der Waals surface area contributed by atoms with E-state index < -0.39 is 0 Å². The first kappa shape index (κ1) is 9.39. The van der Waals surface area contributed by atoms with Crippen molar-refractivity contribution in [3.05, 3.63) is 16.6 Å². The Bertz CT molecular complexity index is 264. The zero-order valence-electron chi connectivity index (χ0n) is 7.63. The lowest BCUT2D eigenvalue weighted by atomic mass is 9.85. The van der Waals surface area contributed by atoms with E-state index in [2.05, 4.69) is 4.98 Å². The summed E-state index contributed by atoms with van der Waals surface area (Å²) < 4.78 is 0. The standard InChI is InChI=1S/C9H13NOS/c1-7(11)4-9(2,3)8-5-12-6-10-8/h5-6H,4H2,1-3H3. The van der Waals surface area contributed by atoms with E-state index in [0.717, 1.165) is 5.69 Å². The third-order valence-corrected chi connectivity index (χ3v) is 2.40. The van der Waals surface area contributed by atoms with Crippen LogP contribution in [0.4, 0.5) is 0 Å². The Balaban J connectivity index is 2.79. The van der Waals surface area contributed by atoms with E-state index in [1.54, 1.807) is 23.8 Å². The number of thiazole rings is 1. The van der Waals surface area contributed by atoms with Crippen molar-refractivity contribution in [2.45, 2.75) is 32.6 Å². The van der Waals surface area contributed by atoms with Crippen molar-refractivity contribution < 1.29 is 4.79 Å². The molecular weight excluding hydrogens is 170 g/mol. The molecule has 66 valence electrons. The number of Topliss-reactive ketones (excluding diaryl/α,β-unsaturated/α-hetero) is 1. The van der Waals surface area contributed by atoms with Gasteiger partial charge in [0.15, 0.2) is 0 Å². The van der Waals surface area contributed by atoms with Crippen molar-refractivity contribution in [3.63, 3.8) is 0 Å². The van der Waals surface area contributed by atoms with Crippen LogP contribution in [0, 0.1) is 0 Å². The molecular formula is C9H13NOS. The van der Waals surface area contributed by atoms with E-state index in [1.165, 1.54) is 0 Å². The number of carbonyl (C=O) groups excluding carboxylic acids is 1. The van der Waals surface area contributed by atoms with Gasteiger partial charge in [-0.1, -0.05) is 13.8 Å². The molecule has 1 aromatic heterocycles. The largest absolute Gasteiger partial charge is 0.300 e. The number of nitrogens with zero attached hydrogens (tertiary/aromatic N) is 1. The lowest BCUT2D eigenvalue weighted by molar-refractivity contribution is -0.118. The first-order valence-electron chi connectivity index (χ1n) is 3.90. The highest BCUT2D eigenvalue weighted by molar-refractivity contribution is 7.07. The van der Waals surface area contributed by atoms with E-state index >= 15 is 0 Å².